The molecule has 2 unspecified atom stereocenters. The van der Waals surface area contributed by atoms with E-state index >= 15 is 0 Å². The zero-order valence-corrected chi connectivity index (χ0v) is 8.60. The van der Waals surface area contributed by atoms with E-state index in [9.17, 15) is 13.6 Å². The third-order valence-corrected chi connectivity index (χ3v) is 1.21. The first-order valence-electron chi connectivity index (χ1n) is 2.54. The van der Waals surface area contributed by atoms with Gasteiger partial charge in [0, 0.05) is 38.5 Å². The van der Waals surface area contributed by atoms with Gasteiger partial charge in [0.15, 0.2) is 0 Å². The maximum absolute atomic E-state index is 10.0. The molecule has 57 valence electrons. The Kier molecular flexibility index (Phi) is 6.77. The maximum atomic E-state index is 10.0. The second-order valence-electron chi connectivity index (χ2n) is 1.36. The van der Waals surface area contributed by atoms with Crippen LogP contribution in [0.5, 0.6) is 0 Å². The Morgan fingerprint density at radius 1 is 2.00 bits per heavy atom. The van der Waals surface area contributed by atoms with E-state index in [0.717, 1.165) is 0 Å². The standard InChI is InChI=1S/C3H7NO4S.Y/c4-2(3(5)6)1-9(7)8;/h2H,1,4H2,(H,5,6)(H,7,8);/p-1/i/hT. The smallest absolute Gasteiger partial charge is 0.321 e. The molecule has 0 rings (SSSR count). The van der Waals surface area contributed by atoms with E-state index in [-0.39, 0.29) is 32.7 Å². The van der Waals surface area contributed by atoms with Crippen LogP contribution in [0, 0.1) is 0 Å². The first-order chi connectivity index (χ1) is 4.57. The Morgan fingerprint density at radius 3 is 2.60 bits per heavy atom. The summed E-state index contributed by atoms with van der Waals surface area (Å²) in [6.45, 7) is 0. The summed E-state index contributed by atoms with van der Waals surface area (Å²) in [6.07, 6.45) is 0. The molecule has 7 heteroatoms. The number of carbonyl (C=O) groups is 1. The van der Waals surface area contributed by atoms with Crippen LogP contribution in [0.2, 0.25) is 1.41 Å². The number of hydrogen-bond acceptors (Lipinski definition) is 4. The summed E-state index contributed by atoms with van der Waals surface area (Å²) in [6, 6.07) is -1.33. The van der Waals surface area contributed by atoms with Gasteiger partial charge in [-0.2, -0.15) is 0 Å². The number of carboxylic acid groups (broad SMARTS) is 1. The first kappa shape index (κ1) is 10.6. The van der Waals surface area contributed by atoms with Gasteiger partial charge in [-0.25, -0.2) is 0 Å². The van der Waals surface area contributed by atoms with Crippen molar-refractivity contribution >= 4 is 17.0 Å². The molecule has 0 fully saturated rings. The molecule has 0 aliphatic heterocycles. The van der Waals surface area contributed by atoms with E-state index < -0.39 is 28.8 Å². The fraction of sp³-hybridized carbons (Fsp3) is 0.667. The maximum Gasteiger partial charge on any atom is 0.321 e. The molecule has 0 aromatic rings. The van der Waals surface area contributed by atoms with Crippen molar-refractivity contribution in [1.29, 1.82) is 0 Å². The van der Waals surface area contributed by atoms with Gasteiger partial charge in [0.25, 0.3) is 0 Å². The van der Waals surface area contributed by atoms with E-state index in [4.69, 9.17) is 6.52 Å². The van der Waals surface area contributed by atoms with Gasteiger partial charge in [0.2, 0.25) is 0 Å². The van der Waals surface area contributed by atoms with Crippen LogP contribution in [0.3, 0.4) is 0 Å². The summed E-state index contributed by atoms with van der Waals surface area (Å²) >= 11 is -2.43. The number of carboxylic acids is 1. The summed E-state index contributed by atoms with van der Waals surface area (Å²) in [5.74, 6) is -1.93. The Bertz CT molecular complexity index is 156. The van der Waals surface area contributed by atoms with Gasteiger partial charge in [-0.1, -0.05) is 11.1 Å². The minimum absolute atomic E-state index is 0. The third-order valence-electron chi connectivity index (χ3n) is 0.601. The minimum Gasteiger partial charge on any atom is -0.772 e. The minimum atomic E-state index is -2.43. The Balaban J connectivity index is 0. The fourth-order valence-corrected chi connectivity index (χ4v) is 0.622. The molecule has 3 N–H and O–H groups in total. The molecule has 1 radical (unpaired) electrons. The SMILES string of the molecule is [3H]NC(CS(=O)[O-])C(=O)O.[Y]. The zero-order valence-electron chi connectivity index (χ0n) is 5.94. The molecule has 0 saturated carbocycles. The van der Waals surface area contributed by atoms with Crippen molar-refractivity contribution in [2.24, 2.45) is 5.73 Å². The molecular weight excluding hydrogens is 235 g/mol. The van der Waals surface area contributed by atoms with E-state index in [1.54, 1.807) is 5.73 Å². The van der Waals surface area contributed by atoms with E-state index in [1.807, 2.05) is 0 Å². The quantitative estimate of drug-likeness (QED) is 0.571. The third kappa shape index (κ3) is 6.76. The van der Waals surface area contributed by atoms with Gasteiger partial charge >= 0.3 is 5.97 Å². The van der Waals surface area contributed by atoms with Crippen molar-refractivity contribution in [2.75, 3.05) is 5.75 Å². The van der Waals surface area contributed by atoms with Crippen molar-refractivity contribution in [1.82, 2.24) is 0 Å². The van der Waals surface area contributed by atoms with Crippen LogP contribution in [-0.4, -0.2) is 31.6 Å². The molecular formula is C3H6NO4SY-. The molecule has 10 heavy (non-hydrogen) atoms. The zero-order chi connectivity index (χ0) is 8.15. The predicted molar refractivity (Wildman–Crippen MR) is 29.4 cm³/mol. The van der Waals surface area contributed by atoms with Crippen molar-refractivity contribution < 1.29 is 52.8 Å². The number of rotatable bonds is 4. The van der Waals surface area contributed by atoms with Crippen molar-refractivity contribution in [3.05, 3.63) is 0 Å². The van der Waals surface area contributed by atoms with Crippen molar-refractivity contribution in [3.63, 3.8) is 0 Å². The van der Waals surface area contributed by atoms with Gasteiger partial charge in [-0.3, -0.25) is 9.00 Å². The predicted octanol–water partition coefficient (Wildman–Crippen LogP) is -1.73. The van der Waals surface area contributed by atoms with Crippen LogP contribution in [0.1, 0.15) is 0 Å². The Labute approximate surface area is 87.0 Å². The summed E-state index contributed by atoms with van der Waals surface area (Å²) in [4.78, 5) is 10.0. The molecule has 0 aromatic carbocycles. The normalized spacial score (nSPS) is 16.3. The Morgan fingerprint density at radius 2 is 2.50 bits per heavy atom. The van der Waals surface area contributed by atoms with Crippen LogP contribution in [-0.2, 0) is 48.6 Å². The van der Waals surface area contributed by atoms with E-state index in [0.29, 0.717) is 0 Å². The molecule has 0 spiro atoms. The number of hydrogen-bond donors (Lipinski definition) is 2. The van der Waals surface area contributed by atoms with Gasteiger partial charge in [0.05, 0.1) is 0 Å². The second kappa shape index (κ2) is 6.36. The monoisotopic (exact) mass is 243 g/mol. The summed E-state index contributed by atoms with van der Waals surface area (Å²) < 4.78 is 26.2. The van der Waals surface area contributed by atoms with Gasteiger partial charge in [-0.05, 0) is 0 Å². The summed E-state index contributed by atoms with van der Waals surface area (Å²) in [5.41, 5.74) is 1.59. The Hall–Kier alpha value is 0.644. The van der Waals surface area contributed by atoms with Crippen molar-refractivity contribution in [3.8, 4) is 0 Å². The van der Waals surface area contributed by atoms with Crippen LogP contribution < -0.4 is 5.73 Å². The molecule has 0 aliphatic rings. The van der Waals surface area contributed by atoms with Crippen LogP contribution in [0.25, 0.3) is 0 Å². The van der Waals surface area contributed by atoms with Gasteiger partial charge < -0.3 is 15.4 Å². The number of nitrogens with two attached hydrogens (primary N) is 1. The van der Waals surface area contributed by atoms with Gasteiger partial charge in [0.1, 0.15) is 7.45 Å². The molecule has 5 nitrogen and oxygen atoms in total. The van der Waals surface area contributed by atoms with E-state index in [2.05, 4.69) is 0 Å². The van der Waals surface area contributed by atoms with Crippen LogP contribution in [0.4, 0.5) is 0 Å². The average molecular weight is 243 g/mol. The van der Waals surface area contributed by atoms with Crippen molar-refractivity contribution in [2.45, 2.75) is 6.04 Å². The van der Waals surface area contributed by atoms with Crippen LogP contribution in [0.15, 0.2) is 0 Å². The molecule has 0 aliphatic carbocycles. The molecule has 0 heterocycles. The fourth-order valence-electron chi connectivity index (χ4n) is 0.207. The van der Waals surface area contributed by atoms with E-state index in [1.165, 1.54) is 0 Å². The topological polar surface area (TPSA) is 103 Å². The van der Waals surface area contributed by atoms with Crippen LogP contribution >= 0.6 is 0 Å². The molecule has 0 aromatic heterocycles. The molecule has 0 bridgehead atoms. The summed E-state index contributed by atoms with van der Waals surface area (Å²) in [5, 5.41) is 8.17. The first-order valence-corrected chi connectivity index (χ1v) is 3.28. The molecule has 0 amide bonds. The largest absolute Gasteiger partial charge is 0.772 e. The number of aliphatic carboxylic acids is 1. The average Bonchev–Trinajstić information content (AvgIpc) is 1.81. The molecule has 0 saturated heterocycles. The van der Waals surface area contributed by atoms with Gasteiger partial charge in [-0.15, -0.1) is 0 Å². The summed E-state index contributed by atoms with van der Waals surface area (Å²) in [7, 11) is 0. The molecule has 2 atom stereocenters. The second-order valence-corrected chi connectivity index (χ2v) is 2.30.